The molecule has 1 aliphatic heterocycles. The molecule has 0 aromatic heterocycles. The topological polar surface area (TPSA) is 82.7 Å². The van der Waals surface area contributed by atoms with Crippen LogP contribution in [0.25, 0.3) is 0 Å². The van der Waals surface area contributed by atoms with Gasteiger partial charge in [-0.2, -0.15) is 0 Å². The monoisotopic (exact) mass is 439 g/mol. The molecule has 2 atom stereocenters. The SMILES string of the molecule is CCNC(=NCC(Cc1ccc(F)cc1)C(N)=O)NC(C)c1cccc(N2CCCC2)c1. The number of carbonyl (C=O) groups excluding carboxylic acids is 1. The van der Waals surface area contributed by atoms with E-state index in [4.69, 9.17) is 5.73 Å². The number of aliphatic imine (C=N–C) groups is 1. The van der Waals surface area contributed by atoms with Crippen molar-refractivity contribution in [3.63, 3.8) is 0 Å². The third-order valence-electron chi connectivity index (χ3n) is 5.81. The number of rotatable bonds is 9. The normalized spacial score (nSPS) is 16.0. The van der Waals surface area contributed by atoms with Crippen LogP contribution in [0.2, 0.25) is 0 Å². The second kappa shape index (κ2) is 11.5. The number of nitrogens with two attached hydrogens (primary N) is 1. The summed E-state index contributed by atoms with van der Waals surface area (Å²) in [5, 5.41) is 6.68. The molecule has 0 radical (unpaired) electrons. The lowest BCUT2D eigenvalue weighted by Crippen LogP contribution is -2.39. The fourth-order valence-corrected chi connectivity index (χ4v) is 3.94. The minimum atomic E-state index is -0.468. The maximum Gasteiger partial charge on any atom is 0.222 e. The van der Waals surface area contributed by atoms with Crippen LogP contribution in [0.5, 0.6) is 0 Å². The van der Waals surface area contributed by atoms with Crippen LogP contribution in [0.3, 0.4) is 0 Å². The number of amides is 1. The van der Waals surface area contributed by atoms with E-state index < -0.39 is 11.8 Å². The Morgan fingerprint density at radius 1 is 1.19 bits per heavy atom. The maximum absolute atomic E-state index is 13.2. The Morgan fingerprint density at radius 2 is 1.91 bits per heavy atom. The Labute approximate surface area is 190 Å². The van der Waals surface area contributed by atoms with Crippen molar-refractivity contribution in [1.29, 1.82) is 0 Å². The Kier molecular flexibility index (Phi) is 8.48. The summed E-state index contributed by atoms with van der Waals surface area (Å²) < 4.78 is 13.2. The maximum atomic E-state index is 13.2. The smallest absolute Gasteiger partial charge is 0.222 e. The van der Waals surface area contributed by atoms with Crippen molar-refractivity contribution in [1.82, 2.24) is 10.6 Å². The fraction of sp³-hybridized carbons (Fsp3) is 0.440. The molecule has 7 heteroatoms. The van der Waals surface area contributed by atoms with Gasteiger partial charge in [0.2, 0.25) is 5.91 Å². The van der Waals surface area contributed by atoms with Gasteiger partial charge < -0.3 is 21.3 Å². The van der Waals surface area contributed by atoms with Gasteiger partial charge in [-0.25, -0.2) is 4.39 Å². The first kappa shape index (κ1) is 23.6. The Balaban J connectivity index is 1.67. The third-order valence-corrected chi connectivity index (χ3v) is 5.81. The van der Waals surface area contributed by atoms with E-state index in [1.165, 1.54) is 36.2 Å². The van der Waals surface area contributed by atoms with Gasteiger partial charge in [0.05, 0.1) is 18.5 Å². The van der Waals surface area contributed by atoms with E-state index in [1.807, 2.05) is 6.92 Å². The lowest BCUT2D eigenvalue weighted by atomic mass is 9.99. The molecule has 2 aromatic carbocycles. The van der Waals surface area contributed by atoms with Crippen molar-refractivity contribution in [2.24, 2.45) is 16.6 Å². The Hall–Kier alpha value is -3.09. The van der Waals surface area contributed by atoms with Gasteiger partial charge in [0, 0.05) is 25.3 Å². The molecule has 3 rings (SSSR count). The van der Waals surface area contributed by atoms with Crippen LogP contribution in [-0.4, -0.2) is 38.0 Å². The summed E-state index contributed by atoms with van der Waals surface area (Å²) in [6.45, 7) is 7.27. The number of halogens is 1. The standard InChI is InChI=1S/C25H34FN5O/c1-3-28-25(29-17-21(24(27)32)15-19-9-11-22(26)12-10-19)30-18(2)20-7-6-8-23(16-20)31-13-4-5-14-31/h6-12,16,18,21H,3-5,13-15,17H2,1-2H3,(H2,27,32)(H2,28,29,30). The molecule has 6 nitrogen and oxygen atoms in total. The van der Waals surface area contributed by atoms with Gasteiger partial charge in [-0.15, -0.1) is 0 Å². The molecule has 1 saturated heterocycles. The fourth-order valence-electron chi connectivity index (χ4n) is 3.94. The van der Waals surface area contributed by atoms with Gasteiger partial charge in [-0.3, -0.25) is 9.79 Å². The number of benzene rings is 2. The molecule has 1 fully saturated rings. The van der Waals surface area contributed by atoms with Crippen LogP contribution in [-0.2, 0) is 11.2 Å². The number of carbonyl (C=O) groups is 1. The summed E-state index contributed by atoms with van der Waals surface area (Å²) in [6.07, 6.45) is 2.91. The van der Waals surface area contributed by atoms with Crippen molar-refractivity contribution in [3.05, 3.63) is 65.5 Å². The van der Waals surface area contributed by atoms with Gasteiger partial charge in [0.15, 0.2) is 5.96 Å². The average molecular weight is 440 g/mol. The van der Waals surface area contributed by atoms with Crippen molar-refractivity contribution < 1.29 is 9.18 Å². The predicted octanol–water partition coefficient (Wildman–Crippen LogP) is 3.39. The lowest BCUT2D eigenvalue weighted by Gasteiger charge is -2.22. The molecular weight excluding hydrogens is 405 g/mol. The third kappa shape index (κ3) is 6.70. The zero-order valence-electron chi connectivity index (χ0n) is 19.0. The second-order valence-electron chi connectivity index (χ2n) is 8.30. The van der Waals surface area contributed by atoms with Gasteiger partial charge in [0.25, 0.3) is 0 Å². The zero-order valence-corrected chi connectivity index (χ0v) is 19.0. The Morgan fingerprint density at radius 3 is 2.56 bits per heavy atom. The Bertz CT molecular complexity index is 909. The van der Waals surface area contributed by atoms with Crippen LogP contribution < -0.4 is 21.3 Å². The average Bonchev–Trinajstić information content (AvgIpc) is 3.33. The van der Waals surface area contributed by atoms with Crippen LogP contribution in [0.15, 0.2) is 53.5 Å². The highest BCUT2D eigenvalue weighted by Crippen LogP contribution is 2.24. The second-order valence-corrected chi connectivity index (χ2v) is 8.30. The molecule has 4 N–H and O–H groups in total. The minimum Gasteiger partial charge on any atom is -0.372 e. The number of nitrogens with one attached hydrogen (secondary N) is 2. The molecule has 172 valence electrons. The first-order chi connectivity index (χ1) is 15.5. The first-order valence-corrected chi connectivity index (χ1v) is 11.4. The summed E-state index contributed by atoms with van der Waals surface area (Å²) in [4.78, 5) is 19.0. The van der Waals surface area contributed by atoms with Crippen LogP contribution in [0, 0.1) is 11.7 Å². The molecule has 1 heterocycles. The minimum absolute atomic E-state index is 0.0412. The van der Waals surface area contributed by atoms with Gasteiger partial charge >= 0.3 is 0 Å². The molecule has 2 unspecified atom stereocenters. The largest absolute Gasteiger partial charge is 0.372 e. The summed E-state index contributed by atoms with van der Waals surface area (Å²) in [5.74, 6) is -0.550. The number of guanidine groups is 1. The molecule has 1 aliphatic rings. The summed E-state index contributed by atoms with van der Waals surface area (Å²) in [5.41, 5.74) is 8.90. The summed E-state index contributed by atoms with van der Waals surface area (Å²) in [7, 11) is 0. The zero-order chi connectivity index (χ0) is 22.9. The van der Waals surface area contributed by atoms with Crippen molar-refractivity contribution in [3.8, 4) is 0 Å². The van der Waals surface area contributed by atoms with E-state index in [-0.39, 0.29) is 18.4 Å². The van der Waals surface area contributed by atoms with Crippen LogP contribution >= 0.6 is 0 Å². The lowest BCUT2D eigenvalue weighted by molar-refractivity contribution is -0.121. The predicted molar refractivity (Wildman–Crippen MR) is 128 cm³/mol. The van der Waals surface area contributed by atoms with E-state index in [2.05, 4.69) is 51.7 Å². The highest BCUT2D eigenvalue weighted by atomic mass is 19.1. The molecule has 0 spiro atoms. The summed E-state index contributed by atoms with van der Waals surface area (Å²) >= 11 is 0. The number of hydrogen-bond acceptors (Lipinski definition) is 3. The van der Waals surface area contributed by atoms with Crippen LogP contribution in [0.4, 0.5) is 10.1 Å². The number of anilines is 1. The molecule has 2 aromatic rings. The number of hydrogen-bond donors (Lipinski definition) is 3. The van der Waals surface area contributed by atoms with Gasteiger partial charge in [0.1, 0.15) is 5.82 Å². The first-order valence-electron chi connectivity index (χ1n) is 11.4. The van der Waals surface area contributed by atoms with Crippen molar-refractivity contribution >= 4 is 17.6 Å². The van der Waals surface area contributed by atoms with E-state index in [9.17, 15) is 9.18 Å². The number of primary amides is 1. The highest BCUT2D eigenvalue weighted by molar-refractivity contribution is 5.81. The molecule has 1 amide bonds. The summed E-state index contributed by atoms with van der Waals surface area (Å²) in [6, 6.07) is 14.8. The number of nitrogens with zero attached hydrogens (tertiary/aromatic N) is 2. The van der Waals surface area contributed by atoms with E-state index in [0.717, 1.165) is 18.7 Å². The molecule has 0 saturated carbocycles. The van der Waals surface area contributed by atoms with Gasteiger partial charge in [-0.05, 0) is 68.5 Å². The van der Waals surface area contributed by atoms with E-state index >= 15 is 0 Å². The van der Waals surface area contributed by atoms with Crippen molar-refractivity contribution in [2.45, 2.75) is 39.2 Å². The highest BCUT2D eigenvalue weighted by Gasteiger charge is 2.18. The molecular formula is C25H34FN5O. The van der Waals surface area contributed by atoms with Crippen LogP contribution in [0.1, 0.15) is 43.9 Å². The van der Waals surface area contributed by atoms with E-state index in [1.54, 1.807) is 12.1 Å². The molecule has 0 aliphatic carbocycles. The molecule has 32 heavy (non-hydrogen) atoms. The van der Waals surface area contributed by atoms with Gasteiger partial charge in [-0.1, -0.05) is 24.3 Å². The van der Waals surface area contributed by atoms with E-state index in [0.29, 0.717) is 18.9 Å². The quantitative estimate of drug-likeness (QED) is 0.413. The van der Waals surface area contributed by atoms with Crippen molar-refractivity contribution in [2.75, 3.05) is 31.1 Å². The molecule has 0 bridgehead atoms.